The van der Waals surface area contributed by atoms with Gasteiger partial charge >= 0.3 is 0 Å². The van der Waals surface area contributed by atoms with Gasteiger partial charge in [0.25, 0.3) is 0 Å². The molecule has 0 amide bonds. The smallest absolute Gasteiger partial charge is 0.0786 e. The average Bonchev–Trinajstić information content (AvgIpc) is 2.98. The summed E-state index contributed by atoms with van der Waals surface area (Å²) in [5.74, 6) is 0. The molecule has 0 atom stereocenters. The second-order valence-corrected chi connectivity index (χ2v) is 13.0. The molecular formula is C38H68BN. The molecule has 1 nitrogen and oxygen atoms in total. The van der Waals surface area contributed by atoms with Crippen molar-refractivity contribution in [2.24, 2.45) is 0 Å². The summed E-state index contributed by atoms with van der Waals surface area (Å²) in [7, 11) is 0. The van der Waals surface area contributed by atoms with E-state index in [1.165, 1.54) is 131 Å². The highest BCUT2D eigenvalue weighted by Gasteiger charge is 2.27. The van der Waals surface area contributed by atoms with Gasteiger partial charge in [0.15, 0.2) is 0 Å². The Morgan fingerprint density at radius 2 is 0.700 bits per heavy atom. The van der Waals surface area contributed by atoms with Crippen molar-refractivity contribution >= 4 is 17.1 Å². The summed E-state index contributed by atoms with van der Waals surface area (Å²) in [6, 6.07) is 18.7. The van der Waals surface area contributed by atoms with E-state index in [1.54, 1.807) is 10.9 Å². The van der Waals surface area contributed by atoms with Gasteiger partial charge in [-0.2, -0.15) is 12.6 Å². The summed E-state index contributed by atoms with van der Waals surface area (Å²) >= 11 is 0. The van der Waals surface area contributed by atoms with E-state index in [2.05, 4.69) is 104 Å². The van der Waals surface area contributed by atoms with Crippen LogP contribution in [0.5, 0.6) is 0 Å². The topological polar surface area (TPSA) is 0 Å². The third kappa shape index (κ3) is 12.5. The Labute approximate surface area is 252 Å². The van der Waals surface area contributed by atoms with Crippen LogP contribution in [0.3, 0.4) is 0 Å². The second kappa shape index (κ2) is 21.2. The van der Waals surface area contributed by atoms with Gasteiger partial charge in [0, 0.05) is 0 Å². The number of aryl methyl sites for hydroxylation is 2. The van der Waals surface area contributed by atoms with Crippen LogP contribution in [-0.2, 0) is 0 Å². The van der Waals surface area contributed by atoms with E-state index in [0.717, 1.165) is 0 Å². The highest BCUT2D eigenvalue weighted by Crippen LogP contribution is 2.23. The van der Waals surface area contributed by atoms with Crippen LogP contribution < -0.4 is 10.9 Å². The maximum absolute atomic E-state index is 2.39. The molecule has 0 saturated heterocycles. The van der Waals surface area contributed by atoms with E-state index in [0.29, 0.717) is 0 Å². The number of hydrogen-bond donors (Lipinski definition) is 0. The predicted octanol–water partition coefficient (Wildman–Crippen LogP) is 10.5. The van der Waals surface area contributed by atoms with E-state index in [-0.39, 0.29) is 0 Å². The lowest BCUT2D eigenvalue weighted by Crippen LogP contribution is -2.58. The summed E-state index contributed by atoms with van der Waals surface area (Å²) in [6.07, 6.45) is 18.2. The monoisotopic (exact) mass is 550 g/mol. The number of rotatable bonds is 20. The summed E-state index contributed by atoms with van der Waals surface area (Å²) in [6.45, 7) is 24.0. The maximum atomic E-state index is 2.39. The molecule has 40 heavy (non-hydrogen) atoms. The van der Waals surface area contributed by atoms with E-state index in [4.69, 9.17) is 0 Å². The molecule has 0 N–H and O–H groups in total. The lowest BCUT2D eigenvalue weighted by molar-refractivity contribution is -0.929. The quantitative estimate of drug-likeness (QED) is 0.114. The Morgan fingerprint density at radius 1 is 0.425 bits per heavy atom. The minimum atomic E-state index is -0.640. The van der Waals surface area contributed by atoms with Gasteiger partial charge in [0.1, 0.15) is 0 Å². The zero-order chi connectivity index (χ0) is 29.7. The first kappa shape index (κ1) is 36.5. The number of benzene rings is 2. The van der Waals surface area contributed by atoms with E-state index >= 15 is 0 Å². The van der Waals surface area contributed by atoms with Crippen molar-refractivity contribution in [3.8, 4) is 0 Å². The van der Waals surface area contributed by atoms with Gasteiger partial charge < -0.3 is 4.48 Å². The molecule has 2 aromatic carbocycles. The number of quaternary nitrogens is 1. The van der Waals surface area contributed by atoms with Gasteiger partial charge in [-0.1, -0.05) is 153 Å². The lowest BCUT2D eigenvalue weighted by Gasteiger charge is -2.42. The van der Waals surface area contributed by atoms with Crippen molar-refractivity contribution in [3.05, 3.63) is 59.7 Å². The van der Waals surface area contributed by atoms with Crippen LogP contribution in [0.2, 0.25) is 12.6 Å². The first-order valence-corrected chi connectivity index (χ1v) is 17.5. The molecular weight excluding hydrogens is 481 g/mol. The van der Waals surface area contributed by atoms with Crippen LogP contribution in [0.25, 0.3) is 0 Å². The average molecular weight is 550 g/mol. The SMILES string of the molecule is CCCC[B-](CCCC)(c1ccc(C)cc1)c1ccc(C)cc1.CCCC[N+](CCCC)(CCCC)CCCC. The Bertz CT molecular complexity index is 761. The third-order valence-corrected chi connectivity index (χ3v) is 9.48. The zero-order valence-electron chi connectivity index (χ0n) is 28.4. The van der Waals surface area contributed by atoms with Crippen molar-refractivity contribution in [3.63, 3.8) is 0 Å². The molecule has 0 bridgehead atoms. The van der Waals surface area contributed by atoms with Gasteiger partial charge in [-0.25, -0.2) is 10.9 Å². The lowest BCUT2D eigenvalue weighted by atomic mass is 9.15. The molecule has 0 aliphatic rings. The van der Waals surface area contributed by atoms with Crippen molar-refractivity contribution in [2.75, 3.05) is 26.2 Å². The number of unbranched alkanes of at least 4 members (excludes halogenated alkanes) is 6. The van der Waals surface area contributed by atoms with Gasteiger partial charge in [-0.15, -0.1) is 0 Å². The second-order valence-electron chi connectivity index (χ2n) is 13.0. The van der Waals surface area contributed by atoms with Crippen LogP contribution in [0.15, 0.2) is 48.5 Å². The van der Waals surface area contributed by atoms with Crippen LogP contribution in [0.1, 0.15) is 130 Å². The molecule has 2 rings (SSSR count). The minimum absolute atomic E-state index is 0.640. The molecule has 0 spiro atoms. The Balaban J connectivity index is 0.000000421. The molecule has 228 valence electrons. The van der Waals surface area contributed by atoms with Gasteiger partial charge in [0.05, 0.1) is 32.3 Å². The summed E-state index contributed by atoms with van der Waals surface area (Å²) in [5, 5.41) is 0. The fourth-order valence-electron chi connectivity index (χ4n) is 6.62. The Kier molecular flexibility index (Phi) is 19.3. The molecule has 2 aromatic rings. The van der Waals surface area contributed by atoms with Crippen molar-refractivity contribution in [2.45, 2.75) is 145 Å². The number of nitrogens with zero attached hydrogens (tertiary/aromatic N) is 1. The fourth-order valence-corrected chi connectivity index (χ4v) is 6.62. The molecule has 0 fully saturated rings. The third-order valence-electron chi connectivity index (χ3n) is 9.48. The molecule has 0 saturated carbocycles. The standard InChI is InChI=1S/C22H32B.C16H36N/c1-5-7-17-23(18-8-6-2,21-13-9-19(3)10-14-21)22-15-11-20(4)12-16-22;1-5-9-13-17(14-10-6-2,15-11-7-3)16-12-8-4/h9-16H,5-8,17-18H2,1-4H3;5-16H2,1-4H3/q-1;+1. The molecule has 0 radical (unpaired) electrons. The van der Waals surface area contributed by atoms with E-state index in [9.17, 15) is 0 Å². The van der Waals surface area contributed by atoms with Crippen LogP contribution in [0.4, 0.5) is 0 Å². The largest absolute Gasteiger partial charge is 0.324 e. The molecule has 0 aliphatic heterocycles. The molecule has 0 aliphatic carbocycles. The van der Waals surface area contributed by atoms with Crippen molar-refractivity contribution in [1.29, 1.82) is 0 Å². The first-order valence-electron chi connectivity index (χ1n) is 17.5. The normalized spacial score (nSPS) is 11.8. The highest BCUT2D eigenvalue weighted by atomic mass is 15.3. The van der Waals surface area contributed by atoms with Crippen LogP contribution in [0, 0.1) is 13.8 Å². The number of hydrogen-bond acceptors (Lipinski definition) is 0. The van der Waals surface area contributed by atoms with Crippen LogP contribution in [-0.4, -0.2) is 36.8 Å². The molecule has 0 heterocycles. The summed E-state index contributed by atoms with van der Waals surface area (Å²) in [5.41, 5.74) is 5.82. The van der Waals surface area contributed by atoms with Gasteiger partial charge in [-0.3, -0.25) is 0 Å². The molecule has 0 aromatic heterocycles. The Hall–Kier alpha value is -1.54. The van der Waals surface area contributed by atoms with Crippen molar-refractivity contribution in [1.82, 2.24) is 0 Å². The minimum Gasteiger partial charge on any atom is -0.324 e. The fraction of sp³-hybridized carbons (Fsp3) is 0.684. The summed E-state index contributed by atoms with van der Waals surface area (Å²) in [4.78, 5) is 0. The highest BCUT2D eigenvalue weighted by molar-refractivity contribution is 7.02. The van der Waals surface area contributed by atoms with Gasteiger partial charge in [0.2, 0.25) is 0 Å². The van der Waals surface area contributed by atoms with Crippen molar-refractivity contribution < 1.29 is 4.48 Å². The van der Waals surface area contributed by atoms with Gasteiger partial charge in [-0.05, 0) is 39.5 Å². The molecule has 0 unspecified atom stereocenters. The first-order chi connectivity index (χ1) is 19.4. The zero-order valence-corrected chi connectivity index (χ0v) is 28.4. The predicted molar refractivity (Wildman–Crippen MR) is 186 cm³/mol. The Morgan fingerprint density at radius 3 is 0.950 bits per heavy atom. The maximum Gasteiger partial charge on any atom is 0.0786 e. The van der Waals surface area contributed by atoms with E-state index in [1.807, 2.05) is 0 Å². The summed E-state index contributed by atoms with van der Waals surface area (Å²) < 4.78 is 1.42. The van der Waals surface area contributed by atoms with Crippen LogP contribution >= 0.6 is 0 Å². The van der Waals surface area contributed by atoms with E-state index < -0.39 is 6.15 Å². The molecule has 2 heteroatoms.